The molecule has 0 bridgehead atoms. The third-order valence-electron chi connectivity index (χ3n) is 2.09. The summed E-state index contributed by atoms with van der Waals surface area (Å²) in [6.07, 6.45) is 0. The quantitative estimate of drug-likeness (QED) is 0.772. The van der Waals surface area contributed by atoms with Crippen LogP contribution in [0.2, 0.25) is 0 Å². The van der Waals surface area contributed by atoms with Crippen LogP contribution in [0.5, 0.6) is 0 Å². The van der Waals surface area contributed by atoms with Crippen molar-refractivity contribution in [3.8, 4) is 0 Å². The second-order valence-corrected chi connectivity index (χ2v) is 6.03. The maximum absolute atomic E-state index is 11.1. The Balaban J connectivity index is 3.85. The maximum atomic E-state index is 11.1. The van der Waals surface area contributed by atoms with Gasteiger partial charge in [-0.15, -0.1) is 0 Å². The van der Waals surface area contributed by atoms with Crippen LogP contribution >= 0.6 is 0 Å². The topological polar surface area (TPSA) is 129 Å². The Bertz CT molecular complexity index is 643. The highest BCUT2D eigenvalue weighted by molar-refractivity contribution is 7.86. The lowest BCUT2D eigenvalue weighted by molar-refractivity contribution is 0.172. The van der Waals surface area contributed by atoms with Gasteiger partial charge in [-0.05, 0) is 18.6 Å². The van der Waals surface area contributed by atoms with Crippen LogP contribution in [0.15, 0.2) is 21.9 Å². The monoisotopic (exact) mass is 281 g/mol. The predicted octanol–water partition coefficient (Wildman–Crippen LogP) is 0.419. The molecule has 0 aliphatic rings. The Morgan fingerprint density at radius 1 is 1.06 bits per heavy atom. The molecule has 0 spiro atoms. The van der Waals surface area contributed by atoms with Crippen molar-refractivity contribution in [2.45, 2.75) is 23.3 Å². The Labute approximate surface area is 98.2 Å². The summed E-state index contributed by atoms with van der Waals surface area (Å²) in [4.78, 5) is -1.59. The molecular formula is C8H9O7S2. The van der Waals surface area contributed by atoms with Crippen LogP contribution in [0, 0.1) is 6.92 Å². The second-order valence-electron chi connectivity index (χ2n) is 3.28. The first-order valence-electron chi connectivity index (χ1n) is 4.24. The van der Waals surface area contributed by atoms with Crippen molar-refractivity contribution in [3.63, 3.8) is 0 Å². The van der Waals surface area contributed by atoms with Crippen LogP contribution in [0.1, 0.15) is 11.1 Å². The van der Waals surface area contributed by atoms with E-state index < -0.39 is 42.2 Å². The zero-order chi connectivity index (χ0) is 13.4. The molecule has 9 heteroatoms. The normalized spacial score (nSPS) is 12.7. The predicted molar refractivity (Wildman–Crippen MR) is 55.2 cm³/mol. The summed E-state index contributed by atoms with van der Waals surface area (Å²) in [7, 11) is -9.46. The molecule has 0 aliphatic heterocycles. The average molecular weight is 281 g/mol. The number of hydrogen-bond donors (Lipinski definition) is 2. The first-order valence-corrected chi connectivity index (χ1v) is 7.12. The van der Waals surface area contributed by atoms with Gasteiger partial charge in [0.1, 0.15) is 16.4 Å². The molecule has 17 heavy (non-hydrogen) atoms. The van der Waals surface area contributed by atoms with Crippen LogP contribution < -0.4 is 0 Å². The minimum atomic E-state index is -4.73. The summed E-state index contributed by atoms with van der Waals surface area (Å²) < 4.78 is 61.8. The fourth-order valence-electron chi connectivity index (χ4n) is 1.46. The summed E-state index contributed by atoms with van der Waals surface area (Å²) in [5.41, 5.74) is -0.652. The number of hydrogen-bond acceptors (Lipinski definition) is 4. The van der Waals surface area contributed by atoms with Gasteiger partial charge in [-0.2, -0.15) is 16.8 Å². The zero-order valence-corrected chi connectivity index (χ0v) is 10.2. The molecule has 0 fully saturated rings. The van der Waals surface area contributed by atoms with Crippen LogP contribution in [0.25, 0.3) is 0 Å². The van der Waals surface area contributed by atoms with Gasteiger partial charge in [0.15, 0.2) is 0 Å². The lowest BCUT2D eigenvalue weighted by Crippen LogP contribution is -2.11. The van der Waals surface area contributed by atoms with Crippen molar-refractivity contribution in [3.05, 3.63) is 23.3 Å². The first kappa shape index (κ1) is 14.1. The highest BCUT2D eigenvalue weighted by atomic mass is 32.2. The lowest BCUT2D eigenvalue weighted by Gasteiger charge is -2.10. The van der Waals surface area contributed by atoms with E-state index >= 15 is 0 Å². The van der Waals surface area contributed by atoms with Crippen molar-refractivity contribution in [1.29, 1.82) is 0 Å². The second kappa shape index (κ2) is 4.35. The van der Waals surface area contributed by atoms with Gasteiger partial charge in [0.25, 0.3) is 20.2 Å². The molecule has 1 rings (SSSR count). The van der Waals surface area contributed by atoms with Crippen molar-refractivity contribution >= 4 is 20.2 Å². The van der Waals surface area contributed by atoms with E-state index in [0.717, 1.165) is 12.1 Å². The molecule has 0 saturated heterocycles. The third kappa shape index (κ3) is 2.82. The fraction of sp³-hybridized carbons (Fsp3) is 0.250. The lowest BCUT2D eigenvalue weighted by atomic mass is 10.1. The van der Waals surface area contributed by atoms with E-state index in [9.17, 15) is 21.9 Å². The fourth-order valence-corrected chi connectivity index (χ4v) is 3.20. The van der Waals surface area contributed by atoms with Crippen molar-refractivity contribution in [1.82, 2.24) is 0 Å². The van der Waals surface area contributed by atoms with Crippen LogP contribution in [0.3, 0.4) is 0 Å². The molecule has 1 aromatic carbocycles. The molecular weight excluding hydrogens is 272 g/mol. The van der Waals surface area contributed by atoms with E-state index in [2.05, 4.69) is 0 Å². The molecule has 0 aliphatic carbocycles. The zero-order valence-electron chi connectivity index (χ0n) is 8.61. The Morgan fingerprint density at radius 3 is 1.94 bits per heavy atom. The van der Waals surface area contributed by atoms with Gasteiger partial charge in [-0.1, -0.05) is 6.07 Å². The van der Waals surface area contributed by atoms with E-state index in [1.807, 2.05) is 0 Å². The number of benzene rings is 1. The van der Waals surface area contributed by atoms with E-state index in [1.165, 1.54) is 6.92 Å². The van der Waals surface area contributed by atoms with Crippen LogP contribution in [-0.2, 0) is 31.9 Å². The van der Waals surface area contributed by atoms with Gasteiger partial charge >= 0.3 is 0 Å². The molecule has 2 N–H and O–H groups in total. The summed E-state index contributed by atoms with van der Waals surface area (Å²) in [5, 5.41) is 10.9. The standard InChI is InChI=1S/C8H9O7S2/c1-5-2-3-7(16(10,11)12)6(4-9)8(5)17(13,14)15/h2-3H,4H2,1H3,(H,10,11,12)(H,13,14,15). The average Bonchev–Trinajstić information content (AvgIpc) is 2.12. The van der Waals surface area contributed by atoms with E-state index in [1.54, 1.807) is 0 Å². The molecule has 0 amide bonds. The minimum absolute atomic E-state index is 0.0192. The van der Waals surface area contributed by atoms with Crippen molar-refractivity contribution in [2.24, 2.45) is 0 Å². The van der Waals surface area contributed by atoms with Gasteiger partial charge in [0.2, 0.25) is 0 Å². The van der Waals surface area contributed by atoms with E-state index in [-0.39, 0.29) is 5.56 Å². The Morgan fingerprint density at radius 2 is 1.59 bits per heavy atom. The molecule has 0 heterocycles. The van der Waals surface area contributed by atoms with Gasteiger partial charge in [-0.25, -0.2) is 5.11 Å². The molecule has 0 aromatic heterocycles. The van der Waals surface area contributed by atoms with Gasteiger partial charge in [-0.3, -0.25) is 9.11 Å². The van der Waals surface area contributed by atoms with Crippen LogP contribution in [-0.4, -0.2) is 25.9 Å². The van der Waals surface area contributed by atoms with Gasteiger partial charge in [0, 0.05) is 5.56 Å². The third-order valence-corrected chi connectivity index (χ3v) is 4.12. The first-order chi connectivity index (χ1) is 7.59. The highest BCUT2D eigenvalue weighted by Crippen LogP contribution is 2.26. The molecule has 0 atom stereocenters. The van der Waals surface area contributed by atoms with Gasteiger partial charge in [0.05, 0.1) is 0 Å². The van der Waals surface area contributed by atoms with Gasteiger partial charge < -0.3 is 0 Å². The molecule has 0 unspecified atom stereocenters. The summed E-state index contributed by atoms with van der Waals surface area (Å²) in [5.74, 6) is 0. The summed E-state index contributed by atoms with van der Waals surface area (Å²) in [6, 6.07) is 1.98. The Kier molecular flexibility index (Phi) is 3.60. The summed E-state index contributed by atoms with van der Waals surface area (Å²) in [6.45, 7) is 0.0853. The molecule has 1 radical (unpaired) electrons. The maximum Gasteiger partial charge on any atom is 0.295 e. The number of aryl methyl sites for hydroxylation is 1. The molecule has 7 nitrogen and oxygen atoms in total. The smallest absolute Gasteiger partial charge is 0.282 e. The largest absolute Gasteiger partial charge is 0.295 e. The minimum Gasteiger partial charge on any atom is -0.282 e. The highest BCUT2D eigenvalue weighted by Gasteiger charge is 2.26. The number of rotatable bonds is 3. The molecule has 1 aromatic rings. The van der Waals surface area contributed by atoms with Crippen LogP contribution in [0.4, 0.5) is 0 Å². The Hall–Kier alpha value is -1.00. The summed E-state index contributed by atoms with van der Waals surface area (Å²) >= 11 is 0. The molecule has 95 valence electrons. The van der Waals surface area contributed by atoms with E-state index in [0.29, 0.717) is 0 Å². The van der Waals surface area contributed by atoms with Crippen molar-refractivity contribution < 1.29 is 31.0 Å². The van der Waals surface area contributed by atoms with E-state index in [4.69, 9.17) is 9.11 Å². The van der Waals surface area contributed by atoms with Crippen molar-refractivity contribution in [2.75, 3.05) is 0 Å². The SMILES string of the molecule is Cc1ccc(S(=O)(=O)O)c(C[O])c1S(=O)(=O)O. The molecule has 0 saturated carbocycles.